The minimum absolute atomic E-state index is 0.329. The van der Waals surface area contributed by atoms with Crippen molar-refractivity contribution >= 4 is 5.97 Å². The van der Waals surface area contributed by atoms with Gasteiger partial charge in [-0.25, -0.2) is 0 Å². The lowest BCUT2D eigenvalue weighted by Gasteiger charge is -1.99. The topological polar surface area (TPSA) is 37.3 Å². The highest BCUT2D eigenvalue weighted by atomic mass is 16.4. The van der Waals surface area contributed by atoms with Crippen LogP contribution in [0.2, 0.25) is 0 Å². The number of rotatable bonds is 19. The van der Waals surface area contributed by atoms with Gasteiger partial charge in [-0.05, 0) is 38.5 Å². The molecule has 0 aliphatic heterocycles. The van der Waals surface area contributed by atoms with Crippen LogP contribution in [0.15, 0.2) is 24.3 Å². The molecule has 2 heteroatoms. The fourth-order valence-electron chi connectivity index (χ4n) is 2.97. The number of carboxylic acid groups (broad SMARTS) is 1. The maximum absolute atomic E-state index is 10.4. The van der Waals surface area contributed by atoms with Crippen LogP contribution >= 0.6 is 0 Å². The van der Waals surface area contributed by atoms with E-state index in [1.807, 2.05) is 0 Å². The zero-order valence-electron chi connectivity index (χ0n) is 16.7. The van der Waals surface area contributed by atoms with Crippen molar-refractivity contribution in [2.45, 2.75) is 116 Å². The average Bonchev–Trinajstić information content (AvgIpc) is 2.60. The Morgan fingerprint density at radius 3 is 1.56 bits per heavy atom. The second kappa shape index (κ2) is 21.0. The number of carbonyl (C=O) groups is 1. The zero-order chi connectivity index (χ0) is 18.4. The molecule has 0 spiro atoms. The molecule has 0 rings (SSSR count). The summed E-state index contributed by atoms with van der Waals surface area (Å²) in [6.45, 7) is 2.27. The van der Waals surface area contributed by atoms with Crippen molar-refractivity contribution in [2.24, 2.45) is 0 Å². The van der Waals surface area contributed by atoms with E-state index >= 15 is 0 Å². The van der Waals surface area contributed by atoms with Gasteiger partial charge in [0.2, 0.25) is 0 Å². The number of carboxylic acids is 1. The Morgan fingerprint density at radius 1 is 0.640 bits per heavy atom. The summed E-state index contributed by atoms with van der Waals surface area (Å²) in [6.07, 6.45) is 29.6. The molecule has 25 heavy (non-hydrogen) atoms. The zero-order valence-corrected chi connectivity index (χ0v) is 16.7. The summed E-state index contributed by atoms with van der Waals surface area (Å²) in [5.74, 6) is -0.665. The Morgan fingerprint density at radius 2 is 1.08 bits per heavy atom. The van der Waals surface area contributed by atoms with Crippen LogP contribution in [0.1, 0.15) is 116 Å². The van der Waals surface area contributed by atoms with Gasteiger partial charge in [0.25, 0.3) is 0 Å². The molecule has 2 nitrogen and oxygen atoms in total. The van der Waals surface area contributed by atoms with Crippen molar-refractivity contribution in [3.63, 3.8) is 0 Å². The third-order valence-electron chi connectivity index (χ3n) is 4.59. The van der Waals surface area contributed by atoms with Gasteiger partial charge in [0.15, 0.2) is 0 Å². The maximum atomic E-state index is 10.4. The van der Waals surface area contributed by atoms with Gasteiger partial charge in [0, 0.05) is 6.42 Å². The number of unbranched alkanes of at least 4 members (excludes halogenated alkanes) is 13. The standard InChI is InChI=1S/C23H42O2/c1-2-3-4-5-6-7-8-9-10-11-12-13-14-15-16-17-18-19-20-21-22-23(24)25/h10-11,13-14H,2-9,12,15-22H2,1H3,(H,24,25). The number of hydrogen-bond donors (Lipinski definition) is 1. The molecular weight excluding hydrogens is 308 g/mol. The second-order valence-corrected chi connectivity index (χ2v) is 7.14. The van der Waals surface area contributed by atoms with Crippen LogP contribution in [0.4, 0.5) is 0 Å². The van der Waals surface area contributed by atoms with Gasteiger partial charge in [0.1, 0.15) is 0 Å². The summed E-state index contributed by atoms with van der Waals surface area (Å²) in [4.78, 5) is 10.4. The van der Waals surface area contributed by atoms with Gasteiger partial charge in [-0.2, -0.15) is 0 Å². The summed E-state index contributed by atoms with van der Waals surface area (Å²) in [6, 6.07) is 0. The lowest BCUT2D eigenvalue weighted by Crippen LogP contribution is -1.93. The molecule has 0 radical (unpaired) electrons. The van der Waals surface area contributed by atoms with E-state index in [-0.39, 0.29) is 0 Å². The Hall–Kier alpha value is -1.05. The summed E-state index contributed by atoms with van der Waals surface area (Å²) in [7, 11) is 0. The summed E-state index contributed by atoms with van der Waals surface area (Å²) in [5.41, 5.74) is 0. The van der Waals surface area contributed by atoms with Crippen molar-refractivity contribution in [2.75, 3.05) is 0 Å². The molecule has 0 amide bonds. The first kappa shape index (κ1) is 23.9. The highest BCUT2D eigenvalue weighted by Gasteiger charge is 1.96. The molecule has 146 valence electrons. The first-order valence-corrected chi connectivity index (χ1v) is 10.8. The van der Waals surface area contributed by atoms with Crippen LogP contribution in [-0.2, 0) is 4.79 Å². The Labute approximate surface area is 156 Å². The van der Waals surface area contributed by atoms with Gasteiger partial charge in [-0.1, -0.05) is 95.4 Å². The Balaban J connectivity index is 3.18. The molecule has 0 saturated carbocycles. The summed E-state index contributed by atoms with van der Waals surface area (Å²) in [5, 5.41) is 8.55. The number of hydrogen-bond acceptors (Lipinski definition) is 1. The van der Waals surface area contributed by atoms with Crippen LogP contribution in [-0.4, -0.2) is 11.1 Å². The van der Waals surface area contributed by atoms with E-state index in [1.165, 1.54) is 83.5 Å². The van der Waals surface area contributed by atoms with E-state index in [9.17, 15) is 4.79 Å². The van der Waals surface area contributed by atoms with Crippen molar-refractivity contribution in [1.82, 2.24) is 0 Å². The molecule has 1 N–H and O–H groups in total. The third-order valence-corrected chi connectivity index (χ3v) is 4.59. The number of aliphatic carboxylic acids is 1. The molecule has 0 aliphatic rings. The van der Waals surface area contributed by atoms with Crippen LogP contribution in [0, 0.1) is 0 Å². The third kappa shape index (κ3) is 22.9. The molecule has 0 fully saturated rings. The molecular formula is C23H42O2. The van der Waals surface area contributed by atoms with Crippen molar-refractivity contribution < 1.29 is 9.90 Å². The van der Waals surface area contributed by atoms with E-state index in [4.69, 9.17) is 5.11 Å². The molecule has 0 unspecified atom stereocenters. The van der Waals surface area contributed by atoms with Crippen LogP contribution in [0.5, 0.6) is 0 Å². The van der Waals surface area contributed by atoms with Crippen LogP contribution in [0.25, 0.3) is 0 Å². The van der Waals surface area contributed by atoms with E-state index in [2.05, 4.69) is 31.2 Å². The van der Waals surface area contributed by atoms with Crippen molar-refractivity contribution in [3.05, 3.63) is 24.3 Å². The van der Waals surface area contributed by atoms with E-state index in [1.54, 1.807) is 0 Å². The number of allylic oxidation sites excluding steroid dienone is 4. The maximum Gasteiger partial charge on any atom is 0.303 e. The van der Waals surface area contributed by atoms with Gasteiger partial charge in [0.05, 0.1) is 0 Å². The fraction of sp³-hybridized carbons (Fsp3) is 0.783. The first-order chi connectivity index (χ1) is 12.3. The minimum atomic E-state index is -0.665. The van der Waals surface area contributed by atoms with Crippen molar-refractivity contribution in [1.29, 1.82) is 0 Å². The minimum Gasteiger partial charge on any atom is -0.481 e. The van der Waals surface area contributed by atoms with Crippen molar-refractivity contribution in [3.8, 4) is 0 Å². The molecule has 0 aromatic carbocycles. The normalized spacial score (nSPS) is 11.7. The fourth-order valence-corrected chi connectivity index (χ4v) is 2.97. The molecule has 0 heterocycles. The Kier molecular flexibility index (Phi) is 20.1. The highest BCUT2D eigenvalue weighted by molar-refractivity contribution is 5.66. The molecule has 0 aromatic heterocycles. The lowest BCUT2D eigenvalue weighted by molar-refractivity contribution is -0.137. The van der Waals surface area contributed by atoms with Crippen LogP contribution < -0.4 is 0 Å². The van der Waals surface area contributed by atoms with Crippen LogP contribution in [0.3, 0.4) is 0 Å². The highest BCUT2D eigenvalue weighted by Crippen LogP contribution is 2.10. The van der Waals surface area contributed by atoms with Gasteiger partial charge < -0.3 is 5.11 Å². The SMILES string of the molecule is CCCCCCCCCC=CCC=CCCCCCCCCC(=O)O. The largest absolute Gasteiger partial charge is 0.481 e. The molecule has 0 bridgehead atoms. The van der Waals surface area contributed by atoms with E-state index in [0.717, 1.165) is 19.3 Å². The van der Waals surface area contributed by atoms with Gasteiger partial charge in [-0.3, -0.25) is 4.79 Å². The van der Waals surface area contributed by atoms with E-state index < -0.39 is 5.97 Å². The quantitative estimate of drug-likeness (QED) is 0.190. The molecule has 0 aromatic rings. The molecule has 0 aliphatic carbocycles. The predicted molar refractivity (Wildman–Crippen MR) is 110 cm³/mol. The predicted octanol–water partition coefficient (Wildman–Crippen LogP) is 7.84. The second-order valence-electron chi connectivity index (χ2n) is 7.14. The monoisotopic (exact) mass is 350 g/mol. The van der Waals surface area contributed by atoms with Gasteiger partial charge >= 0.3 is 5.97 Å². The smallest absolute Gasteiger partial charge is 0.303 e. The summed E-state index contributed by atoms with van der Waals surface area (Å²) < 4.78 is 0. The molecule has 0 atom stereocenters. The Bertz CT molecular complexity index is 331. The average molecular weight is 351 g/mol. The lowest BCUT2D eigenvalue weighted by atomic mass is 10.1. The van der Waals surface area contributed by atoms with E-state index in [0.29, 0.717) is 6.42 Å². The summed E-state index contributed by atoms with van der Waals surface area (Å²) >= 11 is 0. The van der Waals surface area contributed by atoms with Gasteiger partial charge in [-0.15, -0.1) is 0 Å². The first-order valence-electron chi connectivity index (χ1n) is 10.8. The molecule has 0 saturated heterocycles.